The molecule has 0 aromatic heterocycles. The van der Waals surface area contributed by atoms with Crippen LogP contribution in [0.15, 0.2) is 0 Å². The third-order valence-electron chi connectivity index (χ3n) is 4.04. The Morgan fingerprint density at radius 1 is 0.968 bits per heavy atom. The fourth-order valence-electron chi connectivity index (χ4n) is 2.84. The maximum atomic E-state index is 15.0. The maximum Gasteiger partial charge on any atom is 0.454 e. The van der Waals surface area contributed by atoms with Crippen molar-refractivity contribution in [2.45, 2.75) is 74.9 Å². The summed E-state index contributed by atoms with van der Waals surface area (Å²) in [6, 6.07) is 0. The second-order valence-corrected chi connectivity index (χ2v) is 6.17. The lowest BCUT2D eigenvalue weighted by Crippen LogP contribution is -2.70. The van der Waals surface area contributed by atoms with Gasteiger partial charge in [-0.2, -0.15) is 52.7 Å². The Morgan fingerprint density at radius 3 is 1.90 bits per heavy atom. The predicted octanol–water partition coefficient (Wildman–Crippen LogP) is 5.56. The van der Waals surface area contributed by atoms with Crippen molar-refractivity contribution in [2.75, 3.05) is 13.3 Å². The molecule has 0 N–H and O–H groups in total. The zero-order chi connectivity index (χ0) is 24.5. The molecular formula is C14H15F13O4. The number of halogens is 13. The van der Waals surface area contributed by atoms with Crippen LogP contribution >= 0.6 is 0 Å². The van der Waals surface area contributed by atoms with Crippen LogP contribution in [0.3, 0.4) is 0 Å². The molecule has 0 aromatic rings. The molecule has 1 rings (SSSR count). The highest BCUT2D eigenvalue weighted by Gasteiger charge is 2.78. The molecule has 17 heteroatoms. The minimum Gasteiger partial charge on any atom is -0.345 e. The largest absolute Gasteiger partial charge is 0.454 e. The van der Waals surface area contributed by atoms with Crippen molar-refractivity contribution in [3.8, 4) is 0 Å². The van der Waals surface area contributed by atoms with Gasteiger partial charge in [0, 0.05) is 13.0 Å². The van der Waals surface area contributed by atoms with Crippen molar-refractivity contribution >= 4 is 0 Å². The number of ether oxygens (including phenoxy) is 4. The average molecular weight is 494 g/mol. The first kappa shape index (κ1) is 28.0. The molecule has 186 valence electrons. The minimum atomic E-state index is -6.57. The fourth-order valence-corrected chi connectivity index (χ4v) is 2.84. The standard InChI is InChI=1S/C14H15F13O4/c1-2-28-9(12(21,14(25,26)27)31-10(18,19)6-15)5-3-4-7(29-9)11(20,13(22,23)24)30-8(16)17/h7-8H,2-6H2,1H3. The summed E-state index contributed by atoms with van der Waals surface area (Å²) in [4.78, 5) is 0. The summed E-state index contributed by atoms with van der Waals surface area (Å²) in [6.45, 7) is -7.71. The van der Waals surface area contributed by atoms with E-state index >= 15 is 0 Å². The second-order valence-electron chi connectivity index (χ2n) is 6.17. The van der Waals surface area contributed by atoms with Gasteiger partial charge in [-0.05, 0) is 19.8 Å². The van der Waals surface area contributed by atoms with Crippen LogP contribution in [0.1, 0.15) is 26.2 Å². The molecule has 0 radical (unpaired) electrons. The third kappa shape index (κ3) is 5.47. The Bertz CT molecular complexity index is 594. The van der Waals surface area contributed by atoms with Crippen LogP contribution < -0.4 is 0 Å². The second kappa shape index (κ2) is 9.05. The predicted molar refractivity (Wildman–Crippen MR) is 72.0 cm³/mol. The molecule has 0 saturated carbocycles. The summed E-state index contributed by atoms with van der Waals surface area (Å²) in [5, 5.41) is 0. The molecule has 4 unspecified atom stereocenters. The van der Waals surface area contributed by atoms with Crippen molar-refractivity contribution in [2.24, 2.45) is 0 Å². The molecule has 1 aliphatic heterocycles. The quantitative estimate of drug-likeness (QED) is 0.394. The van der Waals surface area contributed by atoms with Gasteiger partial charge in [-0.25, -0.2) is 4.39 Å². The van der Waals surface area contributed by atoms with Gasteiger partial charge in [0.05, 0.1) is 0 Å². The molecule has 1 saturated heterocycles. The van der Waals surface area contributed by atoms with E-state index in [0.717, 1.165) is 6.92 Å². The van der Waals surface area contributed by atoms with Gasteiger partial charge in [0.25, 0.3) is 0 Å². The lowest BCUT2D eigenvalue weighted by molar-refractivity contribution is -0.516. The van der Waals surface area contributed by atoms with Crippen LogP contribution in [0.25, 0.3) is 0 Å². The normalized spacial score (nSPS) is 27.8. The highest BCUT2D eigenvalue weighted by molar-refractivity contribution is 5.01. The van der Waals surface area contributed by atoms with E-state index in [1.165, 1.54) is 0 Å². The Hall–Kier alpha value is -1.07. The monoisotopic (exact) mass is 494 g/mol. The van der Waals surface area contributed by atoms with Crippen LogP contribution in [0.5, 0.6) is 0 Å². The van der Waals surface area contributed by atoms with Crippen LogP contribution in [0.4, 0.5) is 57.1 Å². The summed E-state index contributed by atoms with van der Waals surface area (Å²) in [5.74, 6) is -15.6. The number of hydrogen-bond acceptors (Lipinski definition) is 4. The molecule has 0 bridgehead atoms. The summed E-state index contributed by atoms with van der Waals surface area (Å²) < 4.78 is 187. The molecule has 31 heavy (non-hydrogen) atoms. The molecule has 0 aromatic carbocycles. The maximum absolute atomic E-state index is 15.0. The van der Waals surface area contributed by atoms with Crippen molar-refractivity contribution in [1.82, 2.24) is 0 Å². The minimum absolute atomic E-state index is 0.820. The molecule has 1 fully saturated rings. The number of alkyl halides is 13. The lowest BCUT2D eigenvalue weighted by Gasteiger charge is -2.50. The molecule has 0 amide bonds. The summed E-state index contributed by atoms with van der Waals surface area (Å²) in [5.41, 5.74) is 0. The molecule has 0 spiro atoms. The Kier molecular flexibility index (Phi) is 8.17. The number of hydrogen-bond donors (Lipinski definition) is 0. The van der Waals surface area contributed by atoms with Gasteiger partial charge in [0.1, 0.15) is 6.10 Å². The molecular weight excluding hydrogens is 479 g/mol. The van der Waals surface area contributed by atoms with E-state index in [4.69, 9.17) is 0 Å². The lowest BCUT2D eigenvalue weighted by atomic mass is 9.91. The third-order valence-corrected chi connectivity index (χ3v) is 4.04. The summed E-state index contributed by atoms with van der Waals surface area (Å²) >= 11 is 0. The first-order valence-corrected chi connectivity index (χ1v) is 8.24. The Labute approximate surface area is 165 Å². The molecule has 1 aliphatic rings. The van der Waals surface area contributed by atoms with Crippen LogP contribution in [-0.2, 0) is 18.9 Å². The van der Waals surface area contributed by atoms with Crippen LogP contribution in [0, 0.1) is 0 Å². The number of rotatable bonds is 9. The van der Waals surface area contributed by atoms with Gasteiger partial charge in [-0.1, -0.05) is 0 Å². The molecule has 0 aliphatic carbocycles. The Balaban J connectivity index is 3.60. The van der Waals surface area contributed by atoms with Gasteiger partial charge in [-0.15, -0.1) is 0 Å². The first-order chi connectivity index (χ1) is 13.8. The van der Waals surface area contributed by atoms with Gasteiger partial charge >= 0.3 is 36.8 Å². The van der Waals surface area contributed by atoms with E-state index in [0.29, 0.717) is 0 Å². The van der Waals surface area contributed by atoms with E-state index in [2.05, 4.69) is 18.9 Å². The van der Waals surface area contributed by atoms with Gasteiger partial charge in [0.2, 0.25) is 5.79 Å². The average Bonchev–Trinajstić information content (AvgIpc) is 2.59. The van der Waals surface area contributed by atoms with E-state index in [-0.39, 0.29) is 0 Å². The summed E-state index contributed by atoms with van der Waals surface area (Å²) in [6.07, 6.45) is -25.6. The SMILES string of the molecule is CCOC1(C(F)(OC(F)(F)CF)C(F)(F)F)CCCC(C(F)(OC(F)F)C(F)(F)F)O1. The Morgan fingerprint density at radius 2 is 1.52 bits per heavy atom. The highest BCUT2D eigenvalue weighted by Crippen LogP contribution is 2.55. The van der Waals surface area contributed by atoms with Gasteiger partial charge < -0.3 is 9.47 Å². The van der Waals surface area contributed by atoms with Crippen LogP contribution in [-0.4, -0.2) is 62.0 Å². The zero-order valence-corrected chi connectivity index (χ0v) is 15.2. The van der Waals surface area contributed by atoms with Crippen molar-refractivity contribution in [3.05, 3.63) is 0 Å². The van der Waals surface area contributed by atoms with Crippen LogP contribution in [0.2, 0.25) is 0 Å². The van der Waals surface area contributed by atoms with Gasteiger partial charge in [-0.3, -0.25) is 9.47 Å². The van der Waals surface area contributed by atoms with E-state index in [1.807, 2.05) is 0 Å². The van der Waals surface area contributed by atoms with Gasteiger partial charge in [0.15, 0.2) is 6.67 Å². The summed E-state index contributed by atoms with van der Waals surface area (Å²) in [7, 11) is 0. The van der Waals surface area contributed by atoms with E-state index in [1.54, 1.807) is 0 Å². The first-order valence-electron chi connectivity index (χ1n) is 8.24. The topological polar surface area (TPSA) is 36.9 Å². The molecule has 4 atom stereocenters. The van der Waals surface area contributed by atoms with E-state index in [9.17, 15) is 57.1 Å². The van der Waals surface area contributed by atoms with Crippen molar-refractivity contribution in [1.29, 1.82) is 0 Å². The van der Waals surface area contributed by atoms with Crippen molar-refractivity contribution < 1.29 is 76.0 Å². The smallest absolute Gasteiger partial charge is 0.345 e. The van der Waals surface area contributed by atoms with Crippen molar-refractivity contribution in [3.63, 3.8) is 0 Å². The fraction of sp³-hybridized carbons (Fsp3) is 1.00. The zero-order valence-electron chi connectivity index (χ0n) is 15.2. The molecule has 1 heterocycles. The molecule has 4 nitrogen and oxygen atoms in total. The van der Waals surface area contributed by atoms with E-state index < -0.39 is 81.2 Å². The highest BCUT2D eigenvalue weighted by atomic mass is 19.4.